The minimum absolute atomic E-state index is 0.155. The van der Waals surface area contributed by atoms with Crippen LogP contribution in [0.1, 0.15) is 26.3 Å². The van der Waals surface area contributed by atoms with E-state index in [1.54, 1.807) is 0 Å². The Morgan fingerprint density at radius 3 is 2.57 bits per heavy atom. The minimum atomic E-state index is 0.155. The van der Waals surface area contributed by atoms with Crippen molar-refractivity contribution in [2.24, 2.45) is 0 Å². The van der Waals surface area contributed by atoms with Crippen LogP contribution in [-0.4, -0.2) is 6.04 Å². The first kappa shape index (κ1) is 9.32. The van der Waals surface area contributed by atoms with Gasteiger partial charge in [0, 0.05) is 11.1 Å². The highest BCUT2D eigenvalue weighted by Gasteiger charge is 2.38. The van der Waals surface area contributed by atoms with E-state index >= 15 is 0 Å². The van der Waals surface area contributed by atoms with E-state index in [0.29, 0.717) is 6.04 Å². The summed E-state index contributed by atoms with van der Waals surface area (Å²) in [5.41, 5.74) is 4.01. The Morgan fingerprint density at radius 1 is 1.36 bits per heavy atom. The van der Waals surface area contributed by atoms with Crippen molar-refractivity contribution >= 4 is 5.69 Å². The van der Waals surface area contributed by atoms with Crippen molar-refractivity contribution in [1.29, 1.82) is 0 Å². The molecule has 2 rings (SSSR count). The molecule has 0 saturated heterocycles. The second-order valence-electron chi connectivity index (χ2n) is 4.69. The zero-order chi connectivity index (χ0) is 10.3. The van der Waals surface area contributed by atoms with Gasteiger partial charge in [0.2, 0.25) is 0 Å². The topological polar surface area (TPSA) is 12.0 Å². The number of anilines is 1. The smallest absolute Gasteiger partial charge is 0.0560 e. The first-order valence-corrected chi connectivity index (χ1v) is 5.05. The van der Waals surface area contributed by atoms with Crippen LogP contribution in [-0.2, 0) is 5.41 Å². The Balaban J connectivity index is 2.50. The molecule has 1 nitrogen and oxygen atoms in total. The summed E-state index contributed by atoms with van der Waals surface area (Å²) in [6.45, 7) is 10.7. The van der Waals surface area contributed by atoms with Gasteiger partial charge >= 0.3 is 0 Å². The molecule has 14 heavy (non-hydrogen) atoms. The van der Waals surface area contributed by atoms with Crippen LogP contribution in [0.25, 0.3) is 0 Å². The number of para-hydroxylation sites is 1. The lowest BCUT2D eigenvalue weighted by Crippen LogP contribution is -2.33. The van der Waals surface area contributed by atoms with Crippen molar-refractivity contribution in [3.63, 3.8) is 0 Å². The molecule has 1 heterocycles. The van der Waals surface area contributed by atoms with Gasteiger partial charge in [0.1, 0.15) is 0 Å². The van der Waals surface area contributed by atoms with Crippen molar-refractivity contribution in [2.45, 2.75) is 32.2 Å². The molecule has 1 unspecified atom stereocenters. The lowest BCUT2D eigenvalue weighted by molar-refractivity contribution is 0.502. The van der Waals surface area contributed by atoms with Gasteiger partial charge in [-0.15, -0.1) is 0 Å². The molecule has 0 radical (unpaired) electrons. The number of benzene rings is 1. The van der Waals surface area contributed by atoms with Crippen LogP contribution in [0.4, 0.5) is 5.69 Å². The molecule has 0 bridgehead atoms. The van der Waals surface area contributed by atoms with Gasteiger partial charge in [-0.2, -0.15) is 0 Å². The number of hydrogen-bond donors (Lipinski definition) is 1. The molecule has 1 aromatic carbocycles. The van der Waals surface area contributed by atoms with Crippen molar-refractivity contribution in [1.82, 2.24) is 0 Å². The third kappa shape index (κ3) is 1.16. The highest BCUT2D eigenvalue weighted by atomic mass is 15.0. The van der Waals surface area contributed by atoms with E-state index in [9.17, 15) is 0 Å². The Bertz CT molecular complexity index is 377. The van der Waals surface area contributed by atoms with Crippen LogP contribution >= 0.6 is 0 Å². The number of fused-ring (bicyclic) bond motifs is 1. The fourth-order valence-corrected chi connectivity index (χ4v) is 2.40. The Kier molecular flexibility index (Phi) is 1.91. The molecule has 0 amide bonds. The molecule has 1 N–H and O–H groups in total. The highest BCUT2D eigenvalue weighted by Crippen LogP contribution is 2.42. The Labute approximate surface area is 85.8 Å². The average molecular weight is 187 g/mol. The number of rotatable bonds is 1. The molecule has 1 atom stereocenters. The van der Waals surface area contributed by atoms with Gasteiger partial charge in [0.25, 0.3) is 0 Å². The molecular weight excluding hydrogens is 170 g/mol. The predicted molar refractivity (Wildman–Crippen MR) is 61.7 cm³/mol. The largest absolute Gasteiger partial charge is 0.377 e. The van der Waals surface area contributed by atoms with Crippen LogP contribution in [0.2, 0.25) is 0 Å². The zero-order valence-corrected chi connectivity index (χ0v) is 9.09. The first-order chi connectivity index (χ1) is 6.53. The van der Waals surface area contributed by atoms with E-state index in [1.807, 2.05) is 0 Å². The molecule has 0 aromatic heterocycles. The molecule has 1 aliphatic rings. The second kappa shape index (κ2) is 2.88. The Morgan fingerprint density at radius 2 is 2.00 bits per heavy atom. The summed E-state index contributed by atoms with van der Waals surface area (Å²) in [6.07, 6.45) is 0. The van der Waals surface area contributed by atoms with E-state index < -0.39 is 0 Å². The quantitative estimate of drug-likeness (QED) is 0.665. The fraction of sp³-hybridized carbons (Fsp3) is 0.385. The SMILES string of the molecule is C=C(C)C1Nc2ccccc2C1(C)C. The van der Waals surface area contributed by atoms with Crippen LogP contribution in [0, 0.1) is 0 Å². The third-order valence-electron chi connectivity index (χ3n) is 3.14. The molecule has 0 spiro atoms. The summed E-state index contributed by atoms with van der Waals surface area (Å²) in [4.78, 5) is 0. The summed E-state index contributed by atoms with van der Waals surface area (Å²) >= 11 is 0. The van der Waals surface area contributed by atoms with E-state index in [4.69, 9.17) is 0 Å². The summed E-state index contributed by atoms with van der Waals surface area (Å²) in [7, 11) is 0. The molecule has 0 fully saturated rings. The summed E-state index contributed by atoms with van der Waals surface area (Å²) < 4.78 is 0. The average Bonchev–Trinajstić information content (AvgIpc) is 2.39. The van der Waals surface area contributed by atoms with Crippen molar-refractivity contribution in [3.05, 3.63) is 42.0 Å². The summed E-state index contributed by atoms with van der Waals surface area (Å²) in [6, 6.07) is 8.87. The maximum absolute atomic E-state index is 4.05. The molecule has 0 aliphatic carbocycles. The lowest BCUT2D eigenvalue weighted by Gasteiger charge is -2.27. The monoisotopic (exact) mass is 187 g/mol. The minimum Gasteiger partial charge on any atom is -0.377 e. The molecular formula is C13H17N. The van der Waals surface area contributed by atoms with Gasteiger partial charge in [-0.3, -0.25) is 0 Å². The van der Waals surface area contributed by atoms with Crippen LogP contribution < -0.4 is 5.32 Å². The maximum atomic E-state index is 4.05. The lowest BCUT2D eigenvalue weighted by atomic mass is 9.78. The van der Waals surface area contributed by atoms with E-state index in [-0.39, 0.29) is 5.41 Å². The fourth-order valence-electron chi connectivity index (χ4n) is 2.40. The standard InChI is InChI=1S/C13H17N/c1-9(2)12-13(3,4)10-7-5-6-8-11(10)14-12/h5-8,12,14H,1H2,2-4H3. The summed E-state index contributed by atoms with van der Waals surface area (Å²) in [5.74, 6) is 0. The normalized spacial score (nSPS) is 22.6. The summed E-state index contributed by atoms with van der Waals surface area (Å²) in [5, 5.41) is 3.52. The van der Waals surface area contributed by atoms with Gasteiger partial charge in [-0.1, -0.05) is 44.2 Å². The molecule has 0 saturated carbocycles. The highest BCUT2D eigenvalue weighted by molar-refractivity contribution is 5.63. The van der Waals surface area contributed by atoms with Crippen LogP contribution in [0.3, 0.4) is 0 Å². The van der Waals surface area contributed by atoms with Gasteiger partial charge in [0.05, 0.1) is 6.04 Å². The van der Waals surface area contributed by atoms with Gasteiger partial charge in [-0.25, -0.2) is 0 Å². The van der Waals surface area contributed by atoms with Gasteiger partial charge < -0.3 is 5.32 Å². The Hall–Kier alpha value is -1.24. The van der Waals surface area contributed by atoms with Crippen LogP contribution in [0.15, 0.2) is 36.4 Å². The third-order valence-corrected chi connectivity index (χ3v) is 3.14. The maximum Gasteiger partial charge on any atom is 0.0560 e. The first-order valence-electron chi connectivity index (χ1n) is 5.05. The van der Waals surface area contributed by atoms with E-state index in [0.717, 1.165) is 0 Å². The zero-order valence-electron chi connectivity index (χ0n) is 9.09. The van der Waals surface area contributed by atoms with Crippen molar-refractivity contribution < 1.29 is 0 Å². The second-order valence-corrected chi connectivity index (χ2v) is 4.69. The predicted octanol–water partition coefficient (Wildman–Crippen LogP) is 3.33. The molecule has 74 valence electrons. The van der Waals surface area contributed by atoms with Gasteiger partial charge in [-0.05, 0) is 18.6 Å². The molecule has 1 aromatic rings. The van der Waals surface area contributed by atoms with E-state index in [1.165, 1.54) is 16.8 Å². The van der Waals surface area contributed by atoms with Gasteiger partial charge in [0.15, 0.2) is 0 Å². The number of nitrogens with one attached hydrogen (secondary N) is 1. The van der Waals surface area contributed by atoms with E-state index in [2.05, 4.69) is 56.9 Å². The van der Waals surface area contributed by atoms with Crippen molar-refractivity contribution in [2.75, 3.05) is 5.32 Å². The molecule has 1 aliphatic heterocycles. The number of hydrogen-bond acceptors (Lipinski definition) is 1. The molecule has 1 heteroatoms. The van der Waals surface area contributed by atoms with Crippen molar-refractivity contribution in [3.8, 4) is 0 Å². The van der Waals surface area contributed by atoms with Crippen LogP contribution in [0.5, 0.6) is 0 Å².